The highest BCUT2D eigenvalue weighted by atomic mass is 16.5. The molecule has 0 atom stereocenters. The summed E-state index contributed by atoms with van der Waals surface area (Å²) in [7, 11) is 0. The lowest BCUT2D eigenvalue weighted by Crippen LogP contribution is -2.46. The standard InChI is InChI=1S/C25H54N2O2/c1-3-5-7-9-11-13-15-17-19-28-23-25(21-26,22-27)24-29-20-18-16-14-12-10-8-6-4-2/h3-24,26-27H2,1-2H3. The number of ether oxygens (including phenoxy) is 2. The third kappa shape index (κ3) is 18.3. The topological polar surface area (TPSA) is 70.5 Å². The Labute approximate surface area is 182 Å². The van der Waals surface area contributed by atoms with Gasteiger partial charge in [-0.2, -0.15) is 0 Å². The summed E-state index contributed by atoms with van der Waals surface area (Å²) in [5, 5.41) is 0. The summed E-state index contributed by atoms with van der Waals surface area (Å²) in [6.45, 7) is 8.45. The van der Waals surface area contributed by atoms with E-state index in [1.807, 2.05) is 0 Å². The fourth-order valence-electron chi connectivity index (χ4n) is 3.61. The van der Waals surface area contributed by atoms with E-state index in [0.717, 1.165) is 26.1 Å². The second kappa shape index (κ2) is 22.5. The maximum Gasteiger partial charge on any atom is 0.0568 e. The molecule has 4 heteroatoms. The van der Waals surface area contributed by atoms with Crippen molar-refractivity contribution >= 4 is 0 Å². The van der Waals surface area contributed by atoms with Crippen LogP contribution in [0.1, 0.15) is 117 Å². The van der Waals surface area contributed by atoms with Gasteiger partial charge in [0, 0.05) is 31.7 Å². The summed E-state index contributed by atoms with van der Waals surface area (Å²) in [6, 6.07) is 0. The monoisotopic (exact) mass is 414 g/mol. The predicted octanol–water partition coefficient (Wildman–Crippen LogP) is 6.20. The first-order chi connectivity index (χ1) is 14.2. The van der Waals surface area contributed by atoms with E-state index < -0.39 is 0 Å². The van der Waals surface area contributed by atoms with Crippen LogP contribution in [0.4, 0.5) is 0 Å². The summed E-state index contributed by atoms with van der Waals surface area (Å²) < 4.78 is 11.9. The van der Waals surface area contributed by atoms with Gasteiger partial charge in [0.15, 0.2) is 0 Å². The van der Waals surface area contributed by atoms with Gasteiger partial charge in [-0.1, -0.05) is 104 Å². The fourth-order valence-corrected chi connectivity index (χ4v) is 3.61. The molecule has 0 aliphatic heterocycles. The summed E-state index contributed by atoms with van der Waals surface area (Å²) >= 11 is 0. The molecule has 0 saturated heterocycles. The molecule has 0 heterocycles. The first-order valence-corrected chi connectivity index (χ1v) is 12.8. The van der Waals surface area contributed by atoms with Gasteiger partial charge in [0.25, 0.3) is 0 Å². The Morgan fingerprint density at radius 3 is 1.10 bits per heavy atom. The molecule has 0 unspecified atom stereocenters. The number of nitrogens with two attached hydrogens (primary N) is 2. The van der Waals surface area contributed by atoms with Gasteiger partial charge in [0.2, 0.25) is 0 Å². The maximum atomic E-state index is 6.02. The minimum atomic E-state index is -0.222. The Kier molecular flexibility index (Phi) is 22.4. The smallest absolute Gasteiger partial charge is 0.0568 e. The van der Waals surface area contributed by atoms with Crippen molar-refractivity contribution in [2.45, 2.75) is 117 Å². The van der Waals surface area contributed by atoms with Crippen molar-refractivity contribution in [2.24, 2.45) is 16.9 Å². The highest BCUT2D eigenvalue weighted by molar-refractivity contribution is 4.81. The second-order valence-electron chi connectivity index (χ2n) is 8.96. The molecule has 0 fully saturated rings. The Morgan fingerprint density at radius 2 is 0.793 bits per heavy atom. The van der Waals surface area contributed by atoms with Crippen LogP contribution in [0.15, 0.2) is 0 Å². The highest BCUT2D eigenvalue weighted by Crippen LogP contribution is 2.17. The highest BCUT2D eigenvalue weighted by Gasteiger charge is 2.27. The zero-order chi connectivity index (χ0) is 21.5. The Morgan fingerprint density at radius 1 is 0.483 bits per heavy atom. The molecule has 0 aliphatic rings. The van der Waals surface area contributed by atoms with Crippen molar-refractivity contribution in [3.05, 3.63) is 0 Å². The van der Waals surface area contributed by atoms with Gasteiger partial charge < -0.3 is 20.9 Å². The van der Waals surface area contributed by atoms with Gasteiger partial charge in [-0.15, -0.1) is 0 Å². The molecule has 0 aromatic rings. The van der Waals surface area contributed by atoms with Crippen molar-refractivity contribution in [1.29, 1.82) is 0 Å². The van der Waals surface area contributed by atoms with Crippen LogP contribution in [-0.4, -0.2) is 39.5 Å². The van der Waals surface area contributed by atoms with Gasteiger partial charge in [0.1, 0.15) is 0 Å². The molecule has 0 spiro atoms. The van der Waals surface area contributed by atoms with Crippen LogP contribution in [0.25, 0.3) is 0 Å². The molecular formula is C25H54N2O2. The molecule has 0 radical (unpaired) electrons. The van der Waals surface area contributed by atoms with Crippen LogP contribution in [0.5, 0.6) is 0 Å². The van der Waals surface area contributed by atoms with E-state index in [1.54, 1.807) is 0 Å². The van der Waals surface area contributed by atoms with Crippen LogP contribution in [0.2, 0.25) is 0 Å². The number of unbranched alkanes of at least 4 members (excludes halogenated alkanes) is 14. The number of rotatable bonds is 24. The molecule has 0 aromatic heterocycles. The van der Waals surface area contributed by atoms with E-state index in [0.29, 0.717) is 26.3 Å². The Balaban J connectivity index is 3.64. The van der Waals surface area contributed by atoms with E-state index in [4.69, 9.17) is 20.9 Å². The molecule has 0 aromatic carbocycles. The third-order valence-corrected chi connectivity index (χ3v) is 5.97. The quantitative estimate of drug-likeness (QED) is 0.184. The largest absolute Gasteiger partial charge is 0.381 e. The van der Waals surface area contributed by atoms with E-state index in [9.17, 15) is 0 Å². The van der Waals surface area contributed by atoms with Crippen molar-refractivity contribution in [2.75, 3.05) is 39.5 Å². The first kappa shape index (κ1) is 28.8. The Bertz CT molecular complexity index is 283. The molecule has 29 heavy (non-hydrogen) atoms. The van der Waals surface area contributed by atoms with Crippen LogP contribution >= 0.6 is 0 Å². The lowest BCUT2D eigenvalue weighted by Gasteiger charge is -2.30. The normalized spacial score (nSPS) is 12.0. The number of hydrogen-bond acceptors (Lipinski definition) is 4. The summed E-state index contributed by atoms with van der Waals surface area (Å²) in [4.78, 5) is 0. The zero-order valence-corrected chi connectivity index (χ0v) is 20.0. The van der Waals surface area contributed by atoms with Gasteiger partial charge in [-0.05, 0) is 12.8 Å². The van der Waals surface area contributed by atoms with Crippen molar-refractivity contribution < 1.29 is 9.47 Å². The predicted molar refractivity (Wildman–Crippen MR) is 127 cm³/mol. The van der Waals surface area contributed by atoms with Gasteiger partial charge >= 0.3 is 0 Å². The van der Waals surface area contributed by atoms with Crippen LogP contribution in [0.3, 0.4) is 0 Å². The minimum Gasteiger partial charge on any atom is -0.381 e. The van der Waals surface area contributed by atoms with Crippen LogP contribution in [0, 0.1) is 5.41 Å². The van der Waals surface area contributed by atoms with E-state index >= 15 is 0 Å². The van der Waals surface area contributed by atoms with E-state index in [1.165, 1.54) is 89.9 Å². The molecule has 0 aliphatic carbocycles. The average molecular weight is 415 g/mol. The Hall–Kier alpha value is -0.160. The number of hydrogen-bond donors (Lipinski definition) is 2. The summed E-state index contributed by atoms with van der Waals surface area (Å²) in [5.74, 6) is 0. The van der Waals surface area contributed by atoms with E-state index in [2.05, 4.69) is 13.8 Å². The summed E-state index contributed by atoms with van der Waals surface area (Å²) in [5.41, 5.74) is 11.8. The molecule has 4 nitrogen and oxygen atoms in total. The van der Waals surface area contributed by atoms with Gasteiger partial charge in [-0.3, -0.25) is 0 Å². The lowest BCUT2D eigenvalue weighted by molar-refractivity contribution is -0.0150. The maximum absolute atomic E-state index is 6.02. The molecule has 0 rings (SSSR count). The van der Waals surface area contributed by atoms with Gasteiger partial charge in [0.05, 0.1) is 13.2 Å². The fraction of sp³-hybridized carbons (Fsp3) is 1.00. The molecular weight excluding hydrogens is 360 g/mol. The third-order valence-electron chi connectivity index (χ3n) is 5.97. The molecule has 0 amide bonds. The van der Waals surface area contributed by atoms with Crippen molar-refractivity contribution in [1.82, 2.24) is 0 Å². The van der Waals surface area contributed by atoms with Crippen LogP contribution in [-0.2, 0) is 9.47 Å². The molecule has 4 N–H and O–H groups in total. The van der Waals surface area contributed by atoms with Crippen molar-refractivity contribution in [3.63, 3.8) is 0 Å². The first-order valence-electron chi connectivity index (χ1n) is 12.8. The lowest BCUT2D eigenvalue weighted by atomic mass is 9.90. The SMILES string of the molecule is CCCCCCCCCCOCC(CN)(CN)COCCCCCCCCCC. The molecule has 176 valence electrons. The molecule has 0 saturated carbocycles. The summed E-state index contributed by atoms with van der Waals surface area (Å²) in [6.07, 6.45) is 21.1. The van der Waals surface area contributed by atoms with Crippen LogP contribution < -0.4 is 11.5 Å². The van der Waals surface area contributed by atoms with Gasteiger partial charge in [-0.25, -0.2) is 0 Å². The minimum absolute atomic E-state index is 0.222. The molecule has 0 bridgehead atoms. The van der Waals surface area contributed by atoms with E-state index in [-0.39, 0.29) is 5.41 Å². The zero-order valence-electron chi connectivity index (χ0n) is 20.0. The van der Waals surface area contributed by atoms with Crippen molar-refractivity contribution in [3.8, 4) is 0 Å². The second-order valence-corrected chi connectivity index (χ2v) is 8.96. The average Bonchev–Trinajstić information content (AvgIpc) is 2.75.